The monoisotopic (exact) mass is 438 g/mol. The number of pyridine rings is 1. The van der Waals surface area contributed by atoms with E-state index in [-0.39, 0.29) is 22.3 Å². The third-order valence-electron chi connectivity index (χ3n) is 2.79. The summed E-state index contributed by atoms with van der Waals surface area (Å²) in [6, 6.07) is 5.52. The Hall–Kier alpha value is -3.21. The van der Waals surface area contributed by atoms with Gasteiger partial charge in [0.15, 0.2) is 0 Å². The standard InChI is InChI=1S/C10H9N3O3.C6H6BrNO3/c1-6-3-2-4-8(12-6)13-10-11-5-7(16-10)9(14)15;1-2-10-5(9)4-3-8-6(7)11-4/h2-5H,1H3,(H,14,15)(H,11,12,13);3H,2H2,1H3. The Bertz CT molecular complexity index is 923. The quantitative estimate of drug-likeness (QED) is 0.568. The molecule has 2 N–H and O–H groups in total. The average Bonchev–Trinajstić information content (AvgIpc) is 3.25. The van der Waals surface area contributed by atoms with Crippen LogP contribution in [0.5, 0.6) is 0 Å². The van der Waals surface area contributed by atoms with Crippen LogP contribution < -0.4 is 5.32 Å². The van der Waals surface area contributed by atoms with E-state index < -0.39 is 11.9 Å². The second-order valence-electron chi connectivity index (χ2n) is 4.82. The number of rotatable bonds is 5. The van der Waals surface area contributed by atoms with Crippen LogP contribution in [0.25, 0.3) is 0 Å². The Morgan fingerprint density at radius 3 is 2.52 bits per heavy atom. The van der Waals surface area contributed by atoms with Gasteiger partial charge in [-0.25, -0.2) is 24.5 Å². The van der Waals surface area contributed by atoms with Crippen molar-refractivity contribution >= 4 is 39.7 Å². The van der Waals surface area contributed by atoms with E-state index in [0.717, 1.165) is 11.9 Å². The molecule has 10 nitrogen and oxygen atoms in total. The van der Waals surface area contributed by atoms with Gasteiger partial charge < -0.3 is 18.7 Å². The second-order valence-corrected chi connectivity index (χ2v) is 5.50. The maximum Gasteiger partial charge on any atom is 0.375 e. The molecule has 0 spiro atoms. The van der Waals surface area contributed by atoms with Crippen molar-refractivity contribution in [3.05, 3.63) is 52.6 Å². The highest BCUT2D eigenvalue weighted by Gasteiger charge is 2.11. The molecule has 27 heavy (non-hydrogen) atoms. The van der Waals surface area contributed by atoms with Gasteiger partial charge in [-0.1, -0.05) is 6.07 Å². The van der Waals surface area contributed by atoms with Crippen molar-refractivity contribution in [3.8, 4) is 0 Å². The molecule has 0 aliphatic heterocycles. The number of aromatic nitrogens is 3. The zero-order chi connectivity index (χ0) is 19.8. The van der Waals surface area contributed by atoms with Gasteiger partial charge in [-0.15, -0.1) is 0 Å². The minimum atomic E-state index is -1.15. The molecule has 0 saturated carbocycles. The molecule has 0 radical (unpaired) electrons. The molecule has 0 aliphatic carbocycles. The van der Waals surface area contributed by atoms with E-state index in [2.05, 4.69) is 40.9 Å². The van der Waals surface area contributed by atoms with Gasteiger partial charge in [0.2, 0.25) is 11.5 Å². The molecule has 142 valence electrons. The van der Waals surface area contributed by atoms with E-state index in [1.807, 2.05) is 19.1 Å². The molecule has 3 rings (SSSR count). The lowest BCUT2D eigenvalue weighted by atomic mass is 10.4. The van der Waals surface area contributed by atoms with Gasteiger partial charge in [0.25, 0.3) is 4.80 Å². The molecule has 3 aromatic rings. The fourth-order valence-electron chi connectivity index (χ4n) is 1.70. The van der Waals surface area contributed by atoms with E-state index in [1.165, 1.54) is 6.20 Å². The molecule has 0 saturated heterocycles. The van der Waals surface area contributed by atoms with Crippen molar-refractivity contribution < 1.29 is 28.3 Å². The molecule has 0 fully saturated rings. The summed E-state index contributed by atoms with van der Waals surface area (Å²) in [5.74, 6) is -1.20. The SMILES string of the molecule is CCOC(=O)c1cnc(Br)o1.Cc1cccc(Nc2ncc(C(=O)O)o2)n1. The molecular weight excluding hydrogens is 424 g/mol. The van der Waals surface area contributed by atoms with E-state index in [4.69, 9.17) is 13.9 Å². The zero-order valence-electron chi connectivity index (χ0n) is 14.3. The van der Waals surface area contributed by atoms with E-state index in [1.54, 1.807) is 13.0 Å². The number of halogens is 1. The maximum absolute atomic E-state index is 10.9. The number of hydrogen-bond donors (Lipinski definition) is 2. The van der Waals surface area contributed by atoms with Crippen LogP contribution in [0.15, 0.2) is 44.2 Å². The normalized spacial score (nSPS) is 9.89. The number of nitrogens with one attached hydrogen (secondary N) is 1. The highest BCUT2D eigenvalue weighted by molar-refractivity contribution is 9.10. The predicted molar refractivity (Wildman–Crippen MR) is 95.9 cm³/mol. The van der Waals surface area contributed by atoms with E-state index >= 15 is 0 Å². The zero-order valence-corrected chi connectivity index (χ0v) is 15.9. The third kappa shape index (κ3) is 6.22. The Morgan fingerprint density at radius 2 is 1.96 bits per heavy atom. The molecule has 3 heterocycles. The van der Waals surface area contributed by atoms with Crippen LogP contribution in [0.3, 0.4) is 0 Å². The number of esters is 1. The van der Waals surface area contributed by atoms with Crippen LogP contribution in [0.4, 0.5) is 11.8 Å². The Morgan fingerprint density at radius 1 is 1.22 bits per heavy atom. The van der Waals surface area contributed by atoms with Crippen molar-refractivity contribution in [2.24, 2.45) is 0 Å². The summed E-state index contributed by atoms with van der Waals surface area (Å²) in [5.41, 5.74) is 0.843. The van der Waals surface area contributed by atoms with Crippen LogP contribution in [0.1, 0.15) is 33.7 Å². The summed E-state index contributed by atoms with van der Waals surface area (Å²) < 4.78 is 14.4. The number of hydrogen-bond acceptors (Lipinski definition) is 9. The number of aromatic carboxylic acids is 1. The fourth-order valence-corrected chi connectivity index (χ4v) is 1.98. The van der Waals surface area contributed by atoms with E-state index in [0.29, 0.717) is 12.4 Å². The van der Waals surface area contributed by atoms with Gasteiger partial charge in [0.05, 0.1) is 19.0 Å². The van der Waals surface area contributed by atoms with Crippen molar-refractivity contribution in [1.82, 2.24) is 15.0 Å². The van der Waals surface area contributed by atoms with Crippen molar-refractivity contribution in [1.29, 1.82) is 0 Å². The van der Waals surface area contributed by atoms with Gasteiger partial charge in [-0.3, -0.25) is 5.32 Å². The van der Waals surface area contributed by atoms with Crippen LogP contribution in [-0.4, -0.2) is 38.6 Å². The van der Waals surface area contributed by atoms with Gasteiger partial charge in [0, 0.05) is 21.6 Å². The summed E-state index contributed by atoms with van der Waals surface area (Å²) in [6.07, 6.45) is 2.45. The minimum Gasteiger partial charge on any atom is -0.475 e. The van der Waals surface area contributed by atoms with Crippen LogP contribution in [0, 0.1) is 6.92 Å². The number of carboxylic acid groups (broad SMARTS) is 1. The largest absolute Gasteiger partial charge is 0.475 e. The van der Waals surface area contributed by atoms with Crippen LogP contribution in [0.2, 0.25) is 0 Å². The molecule has 0 aromatic carbocycles. The molecule has 0 unspecified atom stereocenters. The van der Waals surface area contributed by atoms with Gasteiger partial charge in [-0.05, 0) is 26.0 Å². The molecule has 0 aliphatic rings. The lowest BCUT2D eigenvalue weighted by molar-refractivity contribution is 0.0488. The lowest BCUT2D eigenvalue weighted by Crippen LogP contribution is -2.02. The van der Waals surface area contributed by atoms with Gasteiger partial charge >= 0.3 is 18.0 Å². The molecular formula is C16H15BrN4O6. The smallest absolute Gasteiger partial charge is 0.375 e. The highest BCUT2D eigenvalue weighted by Crippen LogP contribution is 2.14. The number of carbonyl (C=O) groups is 2. The second kappa shape index (κ2) is 9.48. The summed E-state index contributed by atoms with van der Waals surface area (Å²) in [4.78, 5) is 33.3. The van der Waals surface area contributed by atoms with Gasteiger partial charge in [-0.2, -0.15) is 0 Å². The number of anilines is 2. The first-order valence-corrected chi connectivity index (χ1v) is 8.36. The Kier molecular flexibility index (Phi) is 7.06. The van der Waals surface area contributed by atoms with Crippen molar-refractivity contribution in [2.75, 3.05) is 11.9 Å². The highest BCUT2D eigenvalue weighted by atomic mass is 79.9. The van der Waals surface area contributed by atoms with Crippen LogP contribution >= 0.6 is 15.9 Å². The number of aryl methyl sites for hydroxylation is 1. The fraction of sp³-hybridized carbons (Fsp3) is 0.188. The molecule has 3 aromatic heterocycles. The Balaban J connectivity index is 0.000000208. The summed E-state index contributed by atoms with van der Waals surface area (Å²) >= 11 is 2.97. The third-order valence-corrected chi connectivity index (χ3v) is 3.16. The Labute approximate surface area is 161 Å². The maximum atomic E-state index is 10.9. The topological polar surface area (TPSA) is 141 Å². The first kappa shape index (κ1) is 20.1. The summed E-state index contributed by atoms with van der Waals surface area (Å²) in [7, 11) is 0. The van der Waals surface area contributed by atoms with E-state index in [9.17, 15) is 9.59 Å². The summed E-state index contributed by atoms with van der Waals surface area (Å²) in [6.45, 7) is 3.91. The van der Waals surface area contributed by atoms with Crippen molar-refractivity contribution in [2.45, 2.75) is 13.8 Å². The van der Waals surface area contributed by atoms with Crippen LogP contribution in [-0.2, 0) is 4.74 Å². The van der Waals surface area contributed by atoms with Crippen molar-refractivity contribution in [3.63, 3.8) is 0 Å². The molecule has 0 atom stereocenters. The average molecular weight is 439 g/mol. The number of carboxylic acids is 1. The number of nitrogens with zero attached hydrogens (tertiary/aromatic N) is 3. The lowest BCUT2D eigenvalue weighted by Gasteiger charge is -2.00. The minimum absolute atomic E-state index is 0.107. The molecule has 0 bridgehead atoms. The molecule has 11 heteroatoms. The first-order valence-electron chi connectivity index (χ1n) is 7.57. The number of carbonyl (C=O) groups excluding carboxylic acids is 1. The van der Waals surface area contributed by atoms with Gasteiger partial charge in [0.1, 0.15) is 5.82 Å². The number of ether oxygens (including phenoxy) is 1. The molecule has 0 amide bonds. The summed E-state index contributed by atoms with van der Waals surface area (Å²) in [5, 5.41) is 11.4. The predicted octanol–water partition coefficient (Wildman–Crippen LogP) is 3.43. The first-order chi connectivity index (χ1) is 12.9. The number of oxazole rings is 2.